The maximum absolute atomic E-state index is 13.1. The highest BCUT2D eigenvalue weighted by molar-refractivity contribution is 5.81. The number of allylic oxidation sites excluding steroid dienone is 2. The van der Waals surface area contributed by atoms with Gasteiger partial charge < -0.3 is 34.6 Å². The largest absolute Gasteiger partial charge is 1.00 e. The van der Waals surface area contributed by atoms with E-state index in [4.69, 9.17) is 0 Å². The number of aromatic amines is 1. The molecule has 3 aliphatic heterocycles. The third kappa shape index (κ3) is 6.56. The van der Waals surface area contributed by atoms with Crippen LogP contribution in [-0.4, -0.2) is 71.9 Å². The first kappa shape index (κ1) is 26.4. The fourth-order valence-electron chi connectivity index (χ4n) is 4.76. The molecular weight excluding hydrogens is 447 g/mol. The molecule has 32 heavy (non-hydrogen) atoms. The lowest BCUT2D eigenvalue weighted by Crippen LogP contribution is -3.00. The van der Waals surface area contributed by atoms with Crippen molar-refractivity contribution in [2.75, 3.05) is 45.8 Å². The molecule has 2 amide bonds. The zero-order valence-electron chi connectivity index (χ0n) is 18.6. The molecule has 3 aliphatic rings. The van der Waals surface area contributed by atoms with Crippen molar-refractivity contribution in [3.05, 3.63) is 48.4 Å². The van der Waals surface area contributed by atoms with Crippen LogP contribution in [0.2, 0.25) is 0 Å². The second-order valence-electron chi connectivity index (χ2n) is 8.86. The Morgan fingerprint density at radius 2 is 1.31 bits per heavy atom. The summed E-state index contributed by atoms with van der Waals surface area (Å²) in [6.07, 6.45) is 17.0. The first-order valence-corrected chi connectivity index (χ1v) is 11.4. The van der Waals surface area contributed by atoms with Gasteiger partial charge in [-0.05, 0) is 61.8 Å². The van der Waals surface area contributed by atoms with E-state index in [0.29, 0.717) is 24.1 Å². The van der Waals surface area contributed by atoms with Gasteiger partial charge >= 0.3 is 0 Å². The van der Waals surface area contributed by atoms with Crippen molar-refractivity contribution in [2.45, 2.75) is 38.5 Å². The van der Waals surface area contributed by atoms with E-state index in [-0.39, 0.29) is 36.6 Å². The third-order valence-electron chi connectivity index (χ3n) is 6.61. The molecule has 2 saturated heterocycles. The number of piperidine rings is 2. The Kier molecular flexibility index (Phi) is 10.2. The molecule has 2 fully saturated rings. The van der Waals surface area contributed by atoms with Crippen LogP contribution in [0.15, 0.2) is 42.9 Å². The van der Waals surface area contributed by atoms with Crippen molar-refractivity contribution in [2.24, 2.45) is 0 Å². The summed E-state index contributed by atoms with van der Waals surface area (Å²) >= 11 is 0. The van der Waals surface area contributed by atoms with Crippen LogP contribution < -0.4 is 29.8 Å². The number of carbonyl (C=O) groups excluding carboxylic acids is 2. The number of aromatic nitrogens is 1. The summed E-state index contributed by atoms with van der Waals surface area (Å²) < 4.78 is 0.396. The molecule has 0 spiro atoms. The molecule has 6 nitrogen and oxygen atoms in total. The van der Waals surface area contributed by atoms with Crippen LogP contribution in [0, 0.1) is 0 Å². The maximum atomic E-state index is 13.1. The fourth-order valence-corrected chi connectivity index (χ4v) is 4.76. The topological polar surface area (TPSA) is 54.8 Å². The fraction of sp³-hybridized carbons (Fsp3) is 0.542. The standard InChI is InChI=1S/C24H33N4O2.2ClH/c29-23(26-13-3-1-4-14-26)19-28(20-24(30)27-15-5-2-6-16-27)17-9-22(10-18-28)21-7-11-25-12-8-21;;/h7-12,17H,1-6,13-16,18-20H2;2*1H/q+1;;/p-1. The smallest absolute Gasteiger partial charge is 0.278 e. The number of nitrogens with zero attached hydrogens (tertiary/aromatic N) is 3. The molecule has 0 unspecified atom stereocenters. The number of likely N-dealkylation sites (tertiary alicyclic amines) is 2. The van der Waals surface area contributed by atoms with E-state index in [2.05, 4.69) is 23.3 Å². The quantitative estimate of drug-likeness (QED) is 0.406. The molecule has 0 aromatic carbocycles. The number of amides is 2. The average molecular weight is 481 g/mol. The Labute approximate surface area is 203 Å². The predicted octanol–water partition coefficient (Wildman–Crippen LogP) is -3.74. The van der Waals surface area contributed by atoms with Gasteiger partial charge in [0.15, 0.2) is 25.5 Å². The molecule has 0 saturated carbocycles. The summed E-state index contributed by atoms with van der Waals surface area (Å²) in [5.74, 6) is 0.355. The lowest BCUT2D eigenvalue weighted by atomic mass is 10.0. The Morgan fingerprint density at radius 3 is 1.75 bits per heavy atom. The number of pyridine rings is 1. The molecule has 4 heterocycles. The number of carbonyl (C=O) groups is 2. The van der Waals surface area contributed by atoms with Gasteiger partial charge in [-0.25, -0.2) is 4.98 Å². The first-order chi connectivity index (χ1) is 14.7. The average Bonchev–Trinajstić information content (AvgIpc) is 2.81. The van der Waals surface area contributed by atoms with Crippen molar-refractivity contribution >= 4 is 17.4 Å². The minimum Gasteiger partial charge on any atom is -1.00 e. The van der Waals surface area contributed by atoms with Crippen LogP contribution in [-0.2, 0) is 9.59 Å². The monoisotopic (exact) mass is 480 g/mol. The highest BCUT2D eigenvalue weighted by Crippen LogP contribution is 2.25. The molecule has 1 aromatic rings. The van der Waals surface area contributed by atoms with Crippen LogP contribution in [0.25, 0.3) is 5.57 Å². The summed E-state index contributed by atoms with van der Waals surface area (Å²) in [5, 5.41) is 0. The Balaban J connectivity index is 0.00000181. The molecule has 4 rings (SSSR count). The van der Waals surface area contributed by atoms with Crippen LogP contribution in [0.1, 0.15) is 44.1 Å². The molecule has 176 valence electrons. The number of rotatable bonds is 5. The molecule has 1 N–H and O–H groups in total. The summed E-state index contributed by atoms with van der Waals surface area (Å²) in [5.41, 5.74) is 2.29. The van der Waals surface area contributed by atoms with Crippen LogP contribution in [0.4, 0.5) is 0 Å². The highest BCUT2D eigenvalue weighted by atomic mass is 35.5. The van der Waals surface area contributed by atoms with E-state index >= 15 is 0 Å². The number of quaternary nitrogens is 1. The van der Waals surface area contributed by atoms with E-state index in [9.17, 15) is 9.59 Å². The van der Waals surface area contributed by atoms with Gasteiger partial charge in [0.1, 0.15) is 6.54 Å². The number of nitrogens with one attached hydrogen (secondary N) is 1. The molecule has 0 atom stereocenters. The lowest BCUT2D eigenvalue weighted by molar-refractivity contribution is -0.858. The van der Waals surface area contributed by atoms with Crippen molar-refractivity contribution in [1.82, 2.24) is 9.80 Å². The van der Waals surface area contributed by atoms with Gasteiger partial charge in [-0.3, -0.25) is 14.1 Å². The number of H-pyrrole nitrogens is 1. The highest BCUT2D eigenvalue weighted by Gasteiger charge is 2.36. The zero-order chi connectivity index (χ0) is 20.8. The van der Waals surface area contributed by atoms with Gasteiger partial charge in [-0.15, -0.1) is 0 Å². The molecule has 0 aliphatic carbocycles. The molecular formula is C24H34Cl2N4O2. The zero-order valence-corrected chi connectivity index (χ0v) is 20.2. The SMILES string of the molecule is O=C(C[N+]1(CC(=O)N2CCCCC2)C=CC(c2cc[nH+]cc2)=CC1)N1CCCCC1.[Cl-].[Cl-]. The van der Waals surface area contributed by atoms with Crippen LogP contribution in [0.5, 0.6) is 0 Å². The Morgan fingerprint density at radius 1 is 0.812 bits per heavy atom. The summed E-state index contributed by atoms with van der Waals surface area (Å²) in [6, 6.07) is 4.10. The van der Waals surface area contributed by atoms with Crippen molar-refractivity contribution in [1.29, 1.82) is 0 Å². The second-order valence-corrected chi connectivity index (χ2v) is 8.86. The second kappa shape index (κ2) is 12.4. The Bertz CT molecular complexity index is 785. The van der Waals surface area contributed by atoms with Crippen molar-refractivity contribution < 1.29 is 43.9 Å². The lowest BCUT2D eigenvalue weighted by Gasteiger charge is -2.39. The number of hydrogen-bond acceptors (Lipinski definition) is 2. The summed E-state index contributed by atoms with van der Waals surface area (Å²) in [4.78, 5) is 33.3. The summed E-state index contributed by atoms with van der Waals surface area (Å²) in [6.45, 7) is 4.80. The Hall–Kier alpha value is -1.89. The van der Waals surface area contributed by atoms with Gasteiger partial charge in [-0.1, -0.05) is 0 Å². The normalized spacial score (nSPS) is 19.9. The van der Waals surface area contributed by atoms with E-state index < -0.39 is 0 Å². The predicted molar refractivity (Wildman–Crippen MR) is 116 cm³/mol. The van der Waals surface area contributed by atoms with Gasteiger partial charge in [0.2, 0.25) is 0 Å². The van der Waals surface area contributed by atoms with Crippen molar-refractivity contribution in [3.8, 4) is 0 Å². The van der Waals surface area contributed by atoms with Gasteiger partial charge in [0.25, 0.3) is 11.8 Å². The van der Waals surface area contributed by atoms with Crippen LogP contribution in [0.3, 0.4) is 0 Å². The van der Waals surface area contributed by atoms with E-state index in [1.54, 1.807) is 0 Å². The molecule has 8 heteroatoms. The van der Waals surface area contributed by atoms with Gasteiger partial charge in [-0.2, -0.15) is 0 Å². The minimum atomic E-state index is 0. The van der Waals surface area contributed by atoms with E-state index in [1.807, 2.05) is 34.3 Å². The van der Waals surface area contributed by atoms with E-state index in [1.165, 1.54) is 12.8 Å². The maximum Gasteiger partial charge on any atom is 0.278 e. The van der Waals surface area contributed by atoms with Gasteiger partial charge in [0.05, 0.1) is 6.20 Å². The third-order valence-corrected chi connectivity index (χ3v) is 6.61. The van der Waals surface area contributed by atoms with Crippen LogP contribution >= 0.6 is 0 Å². The minimum absolute atomic E-state index is 0. The number of halogens is 2. The first-order valence-electron chi connectivity index (χ1n) is 11.4. The summed E-state index contributed by atoms with van der Waals surface area (Å²) in [7, 11) is 0. The number of hydrogen-bond donors (Lipinski definition) is 0. The molecule has 1 aromatic heterocycles. The molecule has 0 bridgehead atoms. The van der Waals surface area contributed by atoms with Gasteiger partial charge in [0, 0.05) is 38.3 Å². The molecule has 0 radical (unpaired) electrons. The van der Waals surface area contributed by atoms with E-state index in [0.717, 1.165) is 63.0 Å². The van der Waals surface area contributed by atoms with Crippen molar-refractivity contribution in [3.63, 3.8) is 0 Å².